The van der Waals surface area contributed by atoms with Gasteiger partial charge in [0.05, 0.1) is 22.9 Å². The SMILES string of the molecule is O=C(c1ccoc1)N1CCC[C@@]2(CCN(c3ccsc3)C2=O)C1. The van der Waals surface area contributed by atoms with Gasteiger partial charge in [-0.2, -0.15) is 11.3 Å². The van der Waals surface area contributed by atoms with Gasteiger partial charge in [0.15, 0.2) is 0 Å². The quantitative estimate of drug-likeness (QED) is 0.850. The minimum absolute atomic E-state index is 0.0420. The van der Waals surface area contributed by atoms with Crippen molar-refractivity contribution in [2.75, 3.05) is 24.5 Å². The monoisotopic (exact) mass is 330 g/mol. The van der Waals surface area contributed by atoms with Crippen molar-refractivity contribution in [3.63, 3.8) is 0 Å². The van der Waals surface area contributed by atoms with Gasteiger partial charge in [0, 0.05) is 25.0 Å². The van der Waals surface area contributed by atoms with Crippen LogP contribution in [0.2, 0.25) is 0 Å². The molecule has 0 saturated carbocycles. The van der Waals surface area contributed by atoms with Crippen LogP contribution in [-0.4, -0.2) is 36.3 Å². The zero-order valence-corrected chi connectivity index (χ0v) is 13.6. The summed E-state index contributed by atoms with van der Waals surface area (Å²) in [5, 5.41) is 4.00. The molecule has 4 heterocycles. The highest BCUT2D eigenvalue weighted by Crippen LogP contribution is 2.42. The summed E-state index contributed by atoms with van der Waals surface area (Å²) < 4.78 is 5.01. The highest BCUT2D eigenvalue weighted by Gasteiger charge is 2.50. The third kappa shape index (κ3) is 2.37. The van der Waals surface area contributed by atoms with Gasteiger partial charge in [-0.05, 0) is 36.8 Å². The normalized spacial score (nSPS) is 24.6. The molecule has 6 heteroatoms. The number of furan rings is 1. The molecule has 2 fully saturated rings. The van der Waals surface area contributed by atoms with Gasteiger partial charge in [-0.15, -0.1) is 0 Å². The maximum atomic E-state index is 13.0. The predicted molar refractivity (Wildman–Crippen MR) is 87.6 cm³/mol. The number of carbonyl (C=O) groups is 2. The Morgan fingerprint density at radius 3 is 2.91 bits per heavy atom. The fourth-order valence-electron chi connectivity index (χ4n) is 3.73. The van der Waals surface area contributed by atoms with Crippen LogP contribution in [0, 0.1) is 5.41 Å². The Hall–Kier alpha value is -2.08. The van der Waals surface area contributed by atoms with E-state index in [-0.39, 0.29) is 11.8 Å². The van der Waals surface area contributed by atoms with Gasteiger partial charge in [0.2, 0.25) is 5.91 Å². The summed E-state index contributed by atoms with van der Waals surface area (Å²) in [7, 11) is 0. The predicted octanol–water partition coefficient (Wildman–Crippen LogP) is 3.00. The largest absolute Gasteiger partial charge is 0.472 e. The molecule has 0 N–H and O–H groups in total. The van der Waals surface area contributed by atoms with Crippen LogP contribution in [0.25, 0.3) is 0 Å². The number of amides is 2. The average Bonchev–Trinajstić information content (AvgIpc) is 3.31. The molecule has 5 nitrogen and oxygen atoms in total. The van der Waals surface area contributed by atoms with E-state index in [1.54, 1.807) is 17.4 Å². The summed E-state index contributed by atoms with van der Waals surface area (Å²) in [6.45, 7) is 1.96. The molecule has 2 aliphatic rings. The summed E-state index contributed by atoms with van der Waals surface area (Å²) in [4.78, 5) is 29.3. The van der Waals surface area contributed by atoms with Crippen molar-refractivity contribution in [3.8, 4) is 0 Å². The summed E-state index contributed by atoms with van der Waals surface area (Å²) in [6.07, 6.45) is 5.52. The van der Waals surface area contributed by atoms with Gasteiger partial charge in [-0.3, -0.25) is 9.59 Å². The molecule has 2 aliphatic heterocycles. The van der Waals surface area contributed by atoms with E-state index in [1.165, 1.54) is 12.5 Å². The first-order valence-electron chi connectivity index (χ1n) is 7.85. The van der Waals surface area contributed by atoms with Gasteiger partial charge in [-0.25, -0.2) is 0 Å². The van der Waals surface area contributed by atoms with Crippen LogP contribution in [-0.2, 0) is 4.79 Å². The van der Waals surface area contributed by atoms with Crippen LogP contribution in [0.5, 0.6) is 0 Å². The average molecular weight is 330 g/mol. The van der Waals surface area contributed by atoms with Crippen LogP contribution >= 0.6 is 11.3 Å². The summed E-state index contributed by atoms with van der Waals surface area (Å²) in [5.74, 6) is 0.125. The molecule has 0 bridgehead atoms. The highest BCUT2D eigenvalue weighted by atomic mass is 32.1. The van der Waals surface area contributed by atoms with Crippen LogP contribution in [0.15, 0.2) is 39.8 Å². The van der Waals surface area contributed by atoms with E-state index in [0.717, 1.165) is 31.5 Å². The lowest BCUT2D eigenvalue weighted by Gasteiger charge is -2.38. The Kier molecular flexibility index (Phi) is 3.49. The molecular weight excluding hydrogens is 312 g/mol. The molecule has 0 radical (unpaired) electrons. The van der Waals surface area contributed by atoms with Crippen molar-refractivity contribution in [2.45, 2.75) is 19.3 Å². The summed E-state index contributed by atoms with van der Waals surface area (Å²) >= 11 is 1.60. The standard InChI is InChI=1S/C17H18N2O3S/c20-15(13-2-8-22-10-13)18-6-1-4-17(12-18)5-7-19(16(17)21)14-3-9-23-11-14/h2-3,8-11H,1,4-7,12H2/t17-/m1/s1. The lowest BCUT2D eigenvalue weighted by molar-refractivity contribution is -0.127. The fourth-order valence-corrected chi connectivity index (χ4v) is 4.37. The number of piperidine rings is 1. The Labute approximate surface area is 138 Å². The molecule has 23 heavy (non-hydrogen) atoms. The van der Waals surface area contributed by atoms with E-state index in [9.17, 15) is 9.59 Å². The minimum Gasteiger partial charge on any atom is -0.472 e. The molecular formula is C17H18N2O3S. The lowest BCUT2D eigenvalue weighted by Crippen LogP contribution is -2.49. The van der Waals surface area contributed by atoms with E-state index in [2.05, 4.69) is 0 Å². The van der Waals surface area contributed by atoms with Crippen molar-refractivity contribution < 1.29 is 14.0 Å². The third-order valence-electron chi connectivity index (χ3n) is 4.96. The number of thiophene rings is 1. The zero-order valence-electron chi connectivity index (χ0n) is 12.7. The Bertz CT molecular complexity index is 710. The molecule has 120 valence electrons. The maximum absolute atomic E-state index is 13.0. The first-order chi connectivity index (χ1) is 11.2. The zero-order chi connectivity index (χ0) is 15.9. The number of carbonyl (C=O) groups excluding carboxylic acids is 2. The van der Waals surface area contributed by atoms with Crippen LogP contribution in [0.3, 0.4) is 0 Å². The second-order valence-electron chi connectivity index (χ2n) is 6.31. The van der Waals surface area contributed by atoms with Gasteiger partial charge >= 0.3 is 0 Å². The molecule has 2 amide bonds. The van der Waals surface area contributed by atoms with Crippen LogP contribution < -0.4 is 4.90 Å². The Morgan fingerprint density at radius 1 is 1.26 bits per heavy atom. The van der Waals surface area contributed by atoms with E-state index in [0.29, 0.717) is 18.7 Å². The van der Waals surface area contributed by atoms with Crippen molar-refractivity contribution >= 4 is 28.8 Å². The van der Waals surface area contributed by atoms with E-state index >= 15 is 0 Å². The van der Waals surface area contributed by atoms with Crippen molar-refractivity contribution in [1.82, 2.24) is 4.90 Å². The minimum atomic E-state index is -0.417. The third-order valence-corrected chi connectivity index (χ3v) is 5.63. The molecule has 2 aromatic rings. The summed E-state index contributed by atoms with van der Waals surface area (Å²) in [5.41, 5.74) is 1.12. The topological polar surface area (TPSA) is 53.8 Å². The van der Waals surface area contributed by atoms with E-state index < -0.39 is 5.41 Å². The number of hydrogen-bond donors (Lipinski definition) is 0. The number of rotatable bonds is 2. The summed E-state index contributed by atoms with van der Waals surface area (Å²) in [6, 6.07) is 3.66. The molecule has 2 aromatic heterocycles. The second-order valence-corrected chi connectivity index (χ2v) is 7.09. The van der Waals surface area contributed by atoms with Gasteiger partial charge in [0.1, 0.15) is 6.26 Å². The fraction of sp³-hybridized carbons (Fsp3) is 0.412. The van der Waals surface area contributed by atoms with Crippen molar-refractivity contribution in [2.24, 2.45) is 5.41 Å². The highest BCUT2D eigenvalue weighted by molar-refractivity contribution is 7.08. The maximum Gasteiger partial charge on any atom is 0.257 e. The van der Waals surface area contributed by atoms with Crippen LogP contribution in [0.4, 0.5) is 5.69 Å². The van der Waals surface area contributed by atoms with Crippen molar-refractivity contribution in [1.29, 1.82) is 0 Å². The molecule has 0 aromatic carbocycles. The van der Waals surface area contributed by atoms with Gasteiger partial charge in [-0.1, -0.05) is 0 Å². The molecule has 1 atom stereocenters. The molecule has 4 rings (SSSR count). The number of anilines is 1. The molecule has 0 unspecified atom stereocenters. The first-order valence-corrected chi connectivity index (χ1v) is 8.80. The van der Waals surface area contributed by atoms with Crippen molar-refractivity contribution in [3.05, 3.63) is 41.0 Å². The van der Waals surface area contributed by atoms with Gasteiger partial charge in [0.25, 0.3) is 5.91 Å². The Balaban J connectivity index is 1.55. The molecule has 0 aliphatic carbocycles. The molecule has 2 saturated heterocycles. The first kappa shape index (κ1) is 14.5. The molecule has 1 spiro atoms. The van der Waals surface area contributed by atoms with E-state index in [1.807, 2.05) is 26.6 Å². The number of nitrogens with zero attached hydrogens (tertiary/aromatic N) is 2. The van der Waals surface area contributed by atoms with Crippen LogP contribution in [0.1, 0.15) is 29.6 Å². The van der Waals surface area contributed by atoms with E-state index in [4.69, 9.17) is 4.42 Å². The second kappa shape index (κ2) is 5.53. The smallest absolute Gasteiger partial charge is 0.257 e. The van der Waals surface area contributed by atoms with Gasteiger partial charge < -0.3 is 14.2 Å². The Morgan fingerprint density at radius 2 is 2.17 bits per heavy atom. The number of hydrogen-bond acceptors (Lipinski definition) is 4. The lowest BCUT2D eigenvalue weighted by atomic mass is 9.78. The number of likely N-dealkylation sites (tertiary alicyclic amines) is 1.